The number of hydrogen-bond acceptors (Lipinski definition) is 4. The standard InChI is InChI=1S/C21H23BrN2O4/c1-2-27-19-10-9-14(12-17(19)22)20(25)24-18-8-4-3-7-16(18)21(26)23-13-15-6-5-11-28-15/h3-4,7-10,12,15H,2,5-6,11,13H2,1H3,(H,23,26)(H,24,25). The number of carbonyl (C=O) groups excluding carboxylic acids is 2. The van der Waals surface area contributed by atoms with Gasteiger partial charge in [-0.2, -0.15) is 0 Å². The second-order valence-corrected chi connectivity index (χ2v) is 7.28. The second-order valence-electron chi connectivity index (χ2n) is 6.42. The highest BCUT2D eigenvalue weighted by molar-refractivity contribution is 9.10. The molecule has 2 aromatic carbocycles. The Morgan fingerprint density at radius 3 is 2.75 bits per heavy atom. The summed E-state index contributed by atoms with van der Waals surface area (Å²) in [6.45, 7) is 3.64. The summed E-state index contributed by atoms with van der Waals surface area (Å²) in [6.07, 6.45) is 2.03. The van der Waals surface area contributed by atoms with Crippen LogP contribution in [0.5, 0.6) is 5.75 Å². The van der Waals surface area contributed by atoms with Gasteiger partial charge in [0.1, 0.15) is 5.75 Å². The molecule has 2 amide bonds. The fourth-order valence-electron chi connectivity index (χ4n) is 3.01. The van der Waals surface area contributed by atoms with Gasteiger partial charge in [0, 0.05) is 18.7 Å². The Balaban J connectivity index is 1.69. The van der Waals surface area contributed by atoms with E-state index >= 15 is 0 Å². The van der Waals surface area contributed by atoms with Crippen molar-refractivity contribution in [2.75, 3.05) is 25.1 Å². The first-order valence-corrected chi connectivity index (χ1v) is 10.1. The number of halogens is 1. The molecule has 2 aromatic rings. The molecular formula is C21H23BrN2O4. The van der Waals surface area contributed by atoms with E-state index in [1.807, 2.05) is 6.92 Å². The molecular weight excluding hydrogens is 424 g/mol. The molecule has 0 aromatic heterocycles. The van der Waals surface area contributed by atoms with Gasteiger partial charge in [0.2, 0.25) is 0 Å². The fourth-order valence-corrected chi connectivity index (χ4v) is 3.50. The quantitative estimate of drug-likeness (QED) is 0.673. The van der Waals surface area contributed by atoms with Crippen molar-refractivity contribution in [3.8, 4) is 5.75 Å². The number of hydrogen-bond donors (Lipinski definition) is 2. The van der Waals surface area contributed by atoms with Gasteiger partial charge >= 0.3 is 0 Å². The van der Waals surface area contributed by atoms with Crippen LogP contribution in [0.25, 0.3) is 0 Å². The lowest BCUT2D eigenvalue weighted by Crippen LogP contribution is -2.32. The largest absolute Gasteiger partial charge is 0.493 e. The van der Waals surface area contributed by atoms with Gasteiger partial charge in [-0.3, -0.25) is 9.59 Å². The van der Waals surface area contributed by atoms with Gasteiger partial charge in [0.25, 0.3) is 11.8 Å². The van der Waals surface area contributed by atoms with Crippen LogP contribution in [0.4, 0.5) is 5.69 Å². The summed E-state index contributed by atoms with van der Waals surface area (Å²) in [5.74, 6) is 0.135. The van der Waals surface area contributed by atoms with E-state index in [9.17, 15) is 9.59 Å². The zero-order valence-corrected chi connectivity index (χ0v) is 17.3. The summed E-state index contributed by atoms with van der Waals surface area (Å²) in [4.78, 5) is 25.2. The highest BCUT2D eigenvalue weighted by atomic mass is 79.9. The van der Waals surface area contributed by atoms with Crippen molar-refractivity contribution < 1.29 is 19.1 Å². The van der Waals surface area contributed by atoms with Crippen LogP contribution in [-0.2, 0) is 4.74 Å². The third kappa shape index (κ3) is 5.11. The van der Waals surface area contributed by atoms with Crippen molar-refractivity contribution >= 4 is 33.4 Å². The van der Waals surface area contributed by atoms with Crippen LogP contribution in [0, 0.1) is 0 Å². The second kappa shape index (κ2) is 9.71. The molecule has 3 rings (SSSR count). The van der Waals surface area contributed by atoms with Crippen molar-refractivity contribution in [1.29, 1.82) is 0 Å². The van der Waals surface area contributed by atoms with E-state index in [4.69, 9.17) is 9.47 Å². The zero-order chi connectivity index (χ0) is 19.9. The summed E-state index contributed by atoms with van der Waals surface area (Å²) in [5.41, 5.74) is 1.34. The van der Waals surface area contributed by atoms with Gasteiger partial charge in [-0.25, -0.2) is 0 Å². The molecule has 1 unspecified atom stereocenters. The number of rotatable bonds is 7. The van der Waals surface area contributed by atoms with E-state index in [1.165, 1.54) is 0 Å². The van der Waals surface area contributed by atoms with Gasteiger partial charge in [-0.15, -0.1) is 0 Å². The summed E-state index contributed by atoms with van der Waals surface area (Å²) >= 11 is 3.41. The smallest absolute Gasteiger partial charge is 0.255 e. The van der Waals surface area contributed by atoms with Gasteiger partial charge in [0.15, 0.2) is 0 Å². The molecule has 1 aliphatic rings. The molecule has 1 fully saturated rings. The first kappa shape index (κ1) is 20.4. The summed E-state index contributed by atoms with van der Waals surface area (Å²) in [6, 6.07) is 12.1. The molecule has 1 atom stereocenters. The highest BCUT2D eigenvalue weighted by Crippen LogP contribution is 2.26. The minimum absolute atomic E-state index is 0.0620. The topological polar surface area (TPSA) is 76.7 Å². The molecule has 1 aliphatic heterocycles. The highest BCUT2D eigenvalue weighted by Gasteiger charge is 2.19. The molecule has 1 heterocycles. The number of amides is 2. The molecule has 0 saturated carbocycles. The maximum Gasteiger partial charge on any atom is 0.255 e. The minimum atomic E-state index is -0.303. The fraction of sp³-hybridized carbons (Fsp3) is 0.333. The average Bonchev–Trinajstić information content (AvgIpc) is 3.22. The maximum absolute atomic E-state index is 12.7. The number of para-hydroxylation sites is 1. The first-order chi connectivity index (χ1) is 13.6. The predicted octanol–water partition coefficient (Wildman–Crippen LogP) is 4.01. The predicted molar refractivity (Wildman–Crippen MR) is 111 cm³/mol. The third-order valence-corrected chi connectivity index (χ3v) is 5.05. The van der Waals surface area contributed by atoms with Crippen molar-refractivity contribution in [3.63, 3.8) is 0 Å². The Hall–Kier alpha value is -2.38. The number of carbonyl (C=O) groups is 2. The van der Waals surface area contributed by atoms with Crippen molar-refractivity contribution in [2.45, 2.75) is 25.9 Å². The van der Waals surface area contributed by atoms with E-state index in [-0.39, 0.29) is 17.9 Å². The van der Waals surface area contributed by atoms with E-state index in [0.29, 0.717) is 40.2 Å². The molecule has 148 valence electrons. The van der Waals surface area contributed by atoms with Gasteiger partial charge in [-0.05, 0) is 66.0 Å². The molecule has 2 N–H and O–H groups in total. The summed E-state index contributed by atoms with van der Waals surface area (Å²) < 4.78 is 11.7. The van der Waals surface area contributed by atoms with Crippen molar-refractivity contribution in [2.24, 2.45) is 0 Å². The number of benzene rings is 2. The molecule has 0 spiro atoms. The number of anilines is 1. The zero-order valence-electron chi connectivity index (χ0n) is 15.7. The molecule has 28 heavy (non-hydrogen) atoms. The normalized spacial score (nSPS) is 15.9. The van der Waals surface area contributed by atoms with Crippen LogP contribution in [0.15, 0.2) is 46.9 Å². The maximum atomic E-state index is 12.7. The van der Waals surface area contributed by atoms with Crippen molar-refractivity contribution in [1.82, 2.24) is 5.32 Å². The lowest BCUT2D eigenvalue weighted by atomic mass is 10.1. The Labute approximate surface area is 172 Å². The van der Waals surface area contributed by atoms with Crippen LogP contribution in [0.2, 0.25) is 0 Å². The SMILES string of the molecule is CCOc1ccc(C(=O)Nc2ccccc2C(=O)NCC2CCCO2)cc1Br. The third-order valence-electron chi connectivity index (χ3n) is 4.43. The van der Waals surface area contributed by atoms with E-state index in [2.05, 4.69) is 26.6 Å². The Kier molecular flexibility index (Phi) is 7.06. The first-order valence-electron chi connectivity index (χ1n) is 9.31. The molecule has 1 saturated heterocycles. The van der Waals surface area contributed by atoms with Gasteiger partial charge in [0.05, 0.1) is 28.4 Å². The molecule has 0 radical (unpaired) electrons. The van der Waals surface area contributed by atoms with E-state index in [1.54, 1.807) is 42.5 Å². The number of ether oxygens (including phenoxy) is 2. The minimum Gasteiger partial charge on any atom is -0.493 e. The molecule has 0 bridgehead atoms. The van der Waals surface area contributed by atoms with Gasteiger partial charge < -0.3 is 20.1 Å². The molecule has 7 heteroatoms. The Morgan fingerprint density at radius 1 is 1.21 bits per heavy atom. The Morgan fingerprint density at radius 2 is 2.04 bits per heavy atom. The molecule has 0 aliphatic carbocycles. The van der Waals surface area contributed by atoms with Crippen LogP contribution < -0.4 is 15.4 Å². The van der Waals surface area contributed by atoms with Crippen molar-refractivity contribution in [3.05, 3.63) is 58.1 Å². The lowest BCUT2D eigenvalue weighted by molar-refractivity contribution is 0.0858. The van der Waals surface area contributed by atoms with Crippen LogP contribution >= 0.6 is 15.9 Å². The summed E-state index contributed by atoms with van der Waals surface area (Å²) in [5, 5.41) is 5.71. The van der Waals surface area contributed by atoms with Crippen LogP contribution in [0.3, 0.4) is 0 Å². The van der Waals surface area contributed by atoms with E-state index in [0.717, 1.165) is 19.4 Å². The lowest BCUT2D eigenvalue weighted by Gasteiger charge is -2.14. The summed E-state index contributed by atoms with van der Waals surface area (Å²) in [7, 11) is 0. The molecule has 6 nitrogen and oxygen atoms in total. The van der Waals surface area contributed by atoms with Gasteiger partial charge in [-0.1, -0.05) is 12.1 Å². The van der Waals surface area contributed by atoms with E-state index < -0.39 is 0 Å². The monoisotopic (exact) mass is 446 g/mol. The average molecular weight is 447 g/mol. The van der Waals surface area contributed by atoms with Crippen LogP contribution in [0.1, 0.15) is 40.5 Å². The van der Waals surface area contributed by atoms with Crippen LogP contribution in [-0.4, -0.2) is 37.7 Å². The number of nitrogens with one attached hydrogen (secondary N) is 2. The Bertz CT molecular complexity index is 850.